The minimum Gasteiger partial charge on any atom is -0.126 e. The van der Waals surface area contributed by atoms with Crippen molar-refractivity contribution in [3.63, 3.8) is 0 Å². The van der Waals surface area contributed by atoms with Crippen molar-refractivity contribution in [2.45, 2.75) is 13.3 Å². The van der Waals surface area contributed by atoms with Gasteiger partial charge in [-0.05, 0) is 12.0 Å². The standard InChI is InChI=1S/C12H15Cl/c1-3-12(2,10-13)9-11-7-5-4-6-8-11/h3-8H,1,9-10H2,2H3. The van der Waals surface area contributed by atoms with Gasteiger partial charge in [0.15, 0.2) is 0 Å². The highest BCUT2D eigenvalue weighted by molar-refractivity contribution is 6.18. The SMILES string of the molecule is C=CC(C)(CCl)Cc1ccccc1. The van der Waals surface area contributed by atoms with Crippen LogP contribution in [0.25, 0.3) is 0 Å². The lowest BCUT2D eigenvalue weighted by Gasteiger charge is -2.22. The van der Waals surface area contributed by atoms with Crippen LogP contribution in [0.4, 0.5) is 0 Å². The van der Waals surface area contributed by atoms with Crippen LogP contribution in [0.1, 0.15) is 12.5 Å². The monoisotopic (exact) mass is 194 g/mol. The summed E-state index contributed by atoms with van der Waals surface area (Å²) in [5.41, 5.74) is 1.33. The van der Waals surface area contributed by atoms with Crippen LogP contribution >= 0.6 is 11.6 Å². The van der Waals surface area contributed by atoms with Gasteiger partial charge in [0.05, 0.1) is 0 Å². The molecule has 1 aromatic carbocycles. The van der Waals surface area contributed by atoms with E-state index in [0.717, 1.165) is 6.42 Å². The van der Waals surface area contributed by atoms with E-state index >= 15 is 0 Å². The van der Waals surface area contributed by atoms with Crippen molar-refractivity contribution in [3.05, 3.63) is 48.6 Å². The van der Waals surface area contributed by atoms with Gasteiger partial charge in [-0.3, -0.25) is 0 Å². The third-order valence-corrected chi connectivity index (χ3v) is 2.86. The quantitative estimate of drug-likeness (QED) is 0.507. The Hall–Kier alpha value is -0.750. The Morgan fingerprint density at radius 3 is 2.46 bits per heavy atom. The van der Waals surface area contributed by atoms with Gasteiger partial charge in [0, 0.05) is 11.3 Å². The number of hydrogen-bond acceptors (Lipinski definition) is 0. The van der Waals surface area contributed by atoms with Crippen LogP contribution in [0.2, 0.25) is 0 Å². The Kier molecular flexibility index (Phi) is 3.56. The van der Waals surface area contributed by atoms with E-state index in [2.05, 4.69) is 25.6 Å². The zero-order valence-corrected chi connectivity index (χ0v) is 8.72. The van der Waals surface area contributed by atoms with Gasteiger partial charge in [-0.1, -0.05) is 43.3 Å². The van der Waals surface area contributed by atoms with Crippen molar-refractivity contribution in [1.82, 2.24) is 0 Å². The highest BCUT2D eigenvalue weighted by Gasteiger charge is 2.18. The lowest BCUT2D eigenvalue weighted by molar-refractivity contribution is 0.486. The molecule has 1 unspecified atom stereocenters. The van der Waals surface area contributed by atoms with Crippen LogP contribution < -0.4 is 0 Å². The van der Waals surface area contributed by atoms with E-state index in [9.17, 15) is 0 Å². The van der Waals surface area contributed by atoms with E-state index in [1.54, 1.807) is 0 Å². The zero-order chi connectivity index (χ0) is 9.73. The largest absolute Gasteiger partial charge is 0.126 e. The smallest absolute Gasteiger partial charge is 0.0315 e. The summed E-state index contributed by atoms with van der Waals surface area (Å²) in [6.45, 7) is 5.94. The molecular formula is C12H15Cl. The Bertz CT molecular complexity index is 266. The number of hydrogen-bond donors (Lipinski definition) is 0. The number of rotatable bonds is 4. The fraction of sp³-hybridized carbons (Fsp3) is 0.333. The summed E-state index contributed by atoms with van der Waals surface area (Å²) < 4.78 is 0. The topological polar surface area (TPSA) is 0 Å². The summed E-state index contributed by atoms with van der Waals surface area (Å²) >= 11 is 5.89. The van der Waals surface area contributed by atoms with Gasteiger partial charge in [-0.15, -0.1) is 18.2 Å². The van der Waals surface area contributed by atoms with Gasteiger partial charge in [0.2, 0.25) is 0 Å². The first-order valence-corrected chi connectivity index (χ1v) is 4.97. The predicted octanol–water partition coefficient (Wildman–Crippen LogP) is 3.66. The Morgan fingerprint density at radius 2 is 2.00 bits per heavy atom. The molecule has 0 nitrogen and oxygen atoms in total. The molecule has 1 atom stereocenters. The van der Waals surface area contributed by atoms with Crippen molar-refractivity contribution in [2.75, 3.05) is 5.88 Å². The first kappa shape index (κ1) is 10.3. The minimum atomic E-state index is 0.0168. The highest BCUT2D eigenvalue weighted by Crippen LogP contribution is 2.25. The first-order chi connectivity index (χ1) is 6.20. The molecule has 0 saturated heterocycles. The first-order valence-electron chi connectivity index (χ1n) is 4.44. The molecule has 1 aromatic rings. The van der Waals surface area contributed by atoms with Gasteiger partial charge in [0.1, 0.15) is 0 Å². The van der Waals surface area contributed by atoms with Crippen molar-refractivity contribution < 1.29 is 0 Å². The van der Waals surface area contributed by atoms with E-state index < -0.39 is 0 Å². The Labute approximate surface area is 85.2 Å². The summed E-state index contributed by atoms with van der Waals surface area (Å²) in [6.07, 6.45) is 2.90. The summed E-state index contributed by atoms with van der Waals surface area (Å²) in [4.78, 5) is 0. The van der Waals surface area contributed by atoms with Crippen LogP contribution in [-0.4, -0.2) is 5.88 Å². The third-order valence-electron chi connectivity index (χ3n) is 2.25. The van der Waals surface area contributed by atoms with Crippen LogP contribution in [-0.2, 0) is 6.42 Å². The molecule has 1 heteroatoms. The van der Waals surface area contributed by atoms with Crippen molar-refractivity contribution in [3.8, 4) is 0 Å². The van der Waals surface area contributed by atoms with E-state index in [0.29, 0.717) is 5.88 Å². The van der Waals surface area contributed by atoms with Gasteiger partial charge >= 0.3 is 0 Å². The molecule has 0 N–H and O–H groups in total. The second kappa shape index (κ2) is 4.48. The molecule has 0 aliphatic rings. The normalized spacial score (nSPS) is 14.9. The third kappa shape index (κ3) is 2.89. The molecule has 1 rings (SSSR count). The molecule has 13 heavy (non-hydrogen) atoms. The second-order valence-corrected chi connectivity index (χ2v) is 3.92. The summed E-state index contributed by atoms with van der Waals surface area (Å²) in [5, 5.41) is 0. The van der Waals surface area contributed by atoms with Crippen LogP contribution in [0, 0.1) is 5.41 Å². The molecular weight excluding hydrogens is 180 g/mol. The van der Waals surface area contributed by atoms with Crippen molar-refractivity contribution in [2.24, 2.45) is 5.41 Å². The minimum absolute atomic E-state index is 0.0168. The summed E-state index contributed by atoms with van der Waals surface area (Å²) in [5.74, 6) is 0.616. The van der Waals surface area contributed by atoms with Crippen molar-refractivity contribution in [1.29, 1.82) is 0 Å². The van der Waals surface area contributed by atoms with Gasteiger partial charge < -0.3 is 0 Å². The molecule has 0 saturated carbocycles. The Balaban J connectivity index is 2.73. The maximum absolute atomic E-state index is 5.89. The molecule has 0 aromatic heterocycles. The number of alkyl halides is 1. The maximum Gasteiger partial charge on any atom is 0.0315 e. The van der Waals surface area contributed by atoms with Gasteiger partial charge in [0.25, 0.3) is 0 Å². The molecule has 0 amide bonds. The summed E-state index contributed by atoms with van der Waals surface area (Å²) in [6, 6.07) is 10.4. The molecule has 0 fully saturated rings. The fourth-order valence-electron chi connectivity index (χ4n) is 1.24. The van der Waals surface area contributed by atoms with Crippen LogP contribution in [0.5, 0.6) is 0 Å². The molecule has 0 spiro atoms. The number of halogens is 1. The average molecular weight is 195 g/mol. The highest BCUT2D eigenvalue weighted by atomic mass is 35.5. The predicted molar refractivity (Wildman–Crippen MR) is 59.2 cm³/mol. The van der Waals surface area contributed by atoms with Crippen LogP contribution in [0.3, 0.4) is 0 Å². The zero-order valence-electron chi connectivity index (χ0n) is 7.96. The average Bonchev–Trinajstić information content (AvgIpc) is 2.19. The van der Waals surface area contributed by atoms with E-state index in [1.165, 1.54) is 5.56 Å². The Morgan fingerprint density at radius 1 is 1.38 bits per heavy atom. The molecule has 0 radical (unpaired) electrons. The van der Waals surface area contributed by atoms with E-state index in [1.807, 2.05) is 24.3 Å². The summed E-state index contributed by atoms with van der Waals surface area (Å²) in [7, 11) is 0. The van der Waals surface area contributed by atoms with Crippen LogP contribution in [0.15, 0.2) is 43.0 Å². The van der Waals surface area contributed by atoms with E-state index in [-0.39, 0.29) is 5.41 Å². The molecule has 0 heterocycles. The molecule has 0 bridgehead atoms. The fourth-order valence-corrected chi connectivity index (χ4v) is 1.44. The molecule has 70 valence electrons. The number of benzene rings is 1. The van der Waals surface area contributed by atoms with Crippen molar-refractivity contribution >= 4 is 11.6 Å². The van der Waals surface area contributed by atoms with E-state index in [4.69, 9.17) is 11.6 Å². The van der Waals surface area contributed by atoms with Gasteiger partial charge in [-0.25, -0.2) is 0 Å². The van der Waals surface area contributed by atoms with Gasteiger partial charge in [-0.2, -0.15) is 0 Å². The molecule has 0 aliphatic carbocycles. The lowest BCUT2D eigenvalue weighted by Crippen LogP contribution is -2.18. The molecule has 0 aliphatic heterocycles. The number of allylic oxidation sites excluding steroid dienone is 1. The second-order valence-electron chi connectivity index (χ2n) is 3.65. The lowest BCUT2D eigenvalue weighted by atomic mass is 9.86. The maximum atomic E-state index is 5.89.